The standard InChI is InChI=1S/C33H37N5O7/c1-34-31(42)25(39)9-8-23(35-32(43)27-16-20-5-2-3-7-26(20)45-27)30(41)36-24-6-4-10-38(33(24)44)17-28(40)37-29-21-12-18-11-19(14-21)15-22(29)13-18/h2-7,10,16,18-19,21-23,29H,8-9,11-15,17H2,1H3,(H,34,42)(H,35,43)(H,36,41)(H,37,40)/t18?,19?,21?,22?,23-,29?/m0/s1. The Kier molecular flexibility index (Phi) is 8.55. The molecule has 3 aromatic rings. The Balaban J connectivity index is 1.13. The molecule has 236 valence electrons. The zero-order chi connectivity index (χ0) is 31.7. The summed E-state index contributed by atoms with van der Waals surface area (Å²) < 4.78 is 6.84. The first kappa shape index (κ1) is 30.3. The fourth-order valence-electron chi connectivity index (χ4n) is 7.64. The zero-order valence-corrected chi connectivity index (χ0v) is 25.0. The van der Waals surface area contributed by atoms with Gasteiger partial charge < -0.3 is 30.3 Å². The van der Waals surface area contributed by atoms with E-state index in [4.69, 9.17) is 4.42 Å². The number of hydrogen-bond acceptors (Lipinski definition) is 7. The maximum atomic E-state index is 13.4. The quantitative estimate of drug-likeness (QED) is 0.240. The van der Waals surface area contributed by atoms with Crippen LogP contribution in [0.5, 0.6) is 0 Å². The van der Waals surface area contributed by atoms with Gasteiger partial charge in [0.2, 0.25) is 17.6 Å². The normalized spacial score (nSPS) is 23.7. The number of ketones is 1. The Bertz CT molecular complexity index is 1650. The van der Waals surface area contributed by atoms with E-state index in [1.807, 2.05) is 0 Å². The van der Waals surface area contributed by atoms with Crippen LogP contribution in [0, 0.1) is 23.7 Å². The first-order chi connectivity index (χ1) is 21.7. The lowest BCUT2D eigenvalue weighted by Gasteiger charge is -2.54. The molecule has 4 aliphatic rings. The summed E-state index contributed by atoms with van der Waals surface area (Å²) in [5.41, 5.74) is -0.198. The summed E-state index contributed by atoms with van der Waals surface area (Å²) in [4.78, 5) is 76.8. The third-order valence-electron chi connectivity index (χ3n) is 9.56. The van der Waals surface area contributed by atoms with Crippen molar-refractivity contribution >= 4 is 46.1 Å². The highest BCUT2D eigenvalue weighted by molar-refractivity contribution is 6.36. The largest absolute Gasteiger partial charge is 0.451 e. The fourth-order valence-corrected chi connectivity index (χ4v) is 7.64. The predicted octanol–water partition coefficient (Wildman–Crippen LogP) is 2.37. The summed E-state index contributed by atoms with van der Waals surface area (Å²) in [6.45, 7) is -0.196. The molecule has 7 rings (SSSR count). The van der Waals surface area contributed by atoms with Crippen molar-refractivity contribution < 1.29 is 28.4 Å². The molecule has 2 heterocycles. The molecule has 4 bridgehead atoms. The molecule has 0 aliphatic heterocycles. The maximum Gasteiger partial charge on any atom is 0.287 e. The van der Waals surface area contributed by atoms with Gasteiger partial charge in [0.1, 0.15) is 23.9 Å². The number of Topliss-reactive ketones (excluding diaryl/α,β-unsaturated/α-hetero) is 1. The summed E-state index contributed by atoms with van der Waals surface area (Å²) in [6, 6.07) is 10.3. The Morgan fingerprint density at radius 2 is 1.67 bits per heavy atom. The van der Waals surface area contributed by atoms with Crippen LogP contribution in [-0.4, -0.2) is 53.1 Å². The molecular formula is C33H37N5O7. The lowest BCUT2D eigenvalue weighted by Crippen LogP contribution is -2.56. The van der Waals surface area contributed by atoms with E-state index >= 15 is 0 Å². The second-order valence-corrected chi connectivity index (χ2v) is 12.6. The summed E-state index contributed by atoms with van der Waals surface area (Å²) in [5, 5.41) is 11.2. The second-order valence-electron chi connectivity index (χ2n) is 12.6. The van der Waals surface area contributed by atoms with Crippen molar-refractivity contribution in [2.45, 2.75) is 63.6 Å². The van der Waals surface area contributed by atoms with Crippen molar-refractivity contribution in [3.63, 3.8) is 0 Å². The Labute approximate surface area is 259 Å². The molecule has 1 atom stereocenters. The highest BCUT2D eigenvalue weighted by atomic mass is 16.3. The number of fused-ring (bicyclic) bond motifs is 1. The molecule has 4 saturated carbocycles. The number of para-hydroxylation sites is 1. The summed E-state index contributed by atoms with van der Waals surface area (Å²) in [5.74, 6) is -0.806. The fraction of sp³-hybridized carbons (Fsp3) is 0.455. The number of anilines is 1. The van der Waals surface area contributed by atoms with E-state index in [9.17, 15) is 28.8 Å². The zero-order valence-electron chi connectivity index (χ0n) is 25.0. The van der Waals surface area contributed by atoms with Gasteiger partial charge in [0.25, 0.3) is 17.4 Å². The lowest BCUT2D eigenvalue weighted by molar-refractivity contribution is -0.137. The monoisotopic (exact) mass is 615 g/mol. The molecular weight excluding hydrogens is 578 g/mol. The van der Waals surface area contributed by atoms with Gasteiger partial charge >= 0.3 is 0 Å². The van der Waals surface area contributed by atoms with E-state index in [1.54, 1.807) is 30.3 Å². The lowest BCUT2D eigenvalue weighted by atomic mass is 9.54. The third kappa shape index (κ3) is 6.54. The van der Waals surface area contributed by atoms with Crippen molar-refractivity contribution in [3.05, 3.63) is 64.8 Å². The minimum atomic E-state index is -1.28. The molecule has 0 radical (unpaired) electrons. The van der Waals surface area contributed by atoms with Crippen LogP contribution in [0.1, 0.15) is 55.5 Å². The summed E-state index contributed by atoms with van der Waals surface area (Å²) in [6.07, 6.45) is 6.88. The Hall–Kier alpha value is -4.74. The number of benzene rings is 1. The Morgan fingerprint density at radius 3 is 2.36 bits per heavy atom. The smallest absolute Gasteiger partial charge is 0.287 e. The molecule has 0 spiro atoms. The minimum absolute atomic E-state index is 0.0427. The van der Waals surface area contributed by atoms with Gasteiger partial charge in [-0.3, -0.25) is 28.8 Å². The number of amides is 4. The second kappa shape index (κ2) is 12.7. The molecule has 4 aliphatic carbocycles. The average Bonchev–Trinajstić information content (AvgIpc) is 3.46. The Morgan fingerprint density at radius 1 is 0.956 bits per heavy atom. The number of rotatable bonds is 11. The van der Waals surface area contributed by atoms with Crippen LogP contribution < -0.4 is 26.8 Å². The molecule has 12 heteroatoms. The number of aromatic nitrogens is 1. The van der Waals surface area contributed by atoms with Crippen molar-refractivity contribution in [2.75, 3.05) is 12.4 Å². The van der Waals surface area contributed by atoms with Gasteiger partial charge in [-0.15, -0.1) is 0 Å². The van der Waals surface area contributed by atoms with Gasteiger partial charge in [0, 0.05) is 31.1 Å². The van der Waals surface area contributed by atoms with Crippen LogP contribution in [0.3, 0.4) is 0 Å². The number of nitrogens with one attached hydrogen (secondary N) is 4. The number of pyridine rings is 1. The van der Waals surface area contributed by atoms with Crippen LogP contribution in [0.4, 0.5) is 5.69 Å². The molecule has 1 aromatic carbocycles. The van der Waals surface area contributed by atoms with Crippen LogP contribution in [-0.2, 0) is 25.7 Å². The van der Waals surface area contributed by atoms with Crippen LogP contribution >= 0.6 is 0 Å². The number of carbonyl (C=O) groups excluding carboxylic acids is 5. The van der Waals surface area contributed by atoms with Gasteiger partial charge in [0.15, 0.2) is 5.76 Å². The van der Waals surface area contributed by atoms with Crippen molar-refractivity contribution in [1.29, 1.82) is 0 Å². The molecule has 12 nitrogen and oxygen atoms in total. The summed E-state index contributed by atoms with van der Waals surface area (Å²) >= 11 is 0. The number of carbonyl (C=O) groups is 5. The van der Waals surface area contributed by atoms with Gasteiger partial charge in [-0.25, -0.2) is 0 Å². The molecule has 4 N–H and O–H groups in total. The van der Waals surface area contributed by atoms with Gasteiger partial charge in [-0.05, 0) is 86.5 Å². The maximum absolute atomic E-state index is 13.4. The average molecular weight is 616 g/mol. The van der Waals surface area contributed by atoms with Gasteiger partial charge in [-0.2, -0.15) is 0 Å². The first-order valence-corrected chi connectivity index (χ1v) is 15.5. The van der Waals surface area contributed by atoms with E-state index in [0.29, 0.717) is 22.8 Å². The van der Waals surface area contributed by atoms with E-state index in [2.05, 4.69) is 21.3 Å². The van der Waals surface area contributed by atoms with E-state index < -0.39 is 35.1 Å². The van der Waals surface area contributed by atoms with Crippen molar-refractivity contribution in [1.82, 2.24) is 20.5 Å². The molecule has 0 unspecified atom stereocenters. The van der Waals surface area contributed by atoms with Crippen LogP contribution in [0.15, 0.2) is 57.9 Å². The molecule has 2 aromatic heterocycles. The molecule has 0 saturated heterocycles. The highest BCUT2D eigenvalue weighted by Gasteiger charge is 2.48. The number of likely N-dealkylation sites (N-methyl/N-ethyl adjacent to an activating group) is 1. The number of furan rings is 1. The highest BCUT2D eigenvalue weighted by Crippen LogP contribution is 2.53. The van der Waals surface area contributed by atoms with Crippen LogP contribution in [0.25, 0.3) is 11.0 Å². The van der Waals surface area contributed by atoms with E-state index in [-0.39, 0.29) is 42.8 Å². The van der Waals surface area contributed by atoms with E-state index in [0.717, 1.165) is 37.5 Å². The predicted molar refractivity (Wildman–Crippen MR) is 164 cm³/mol. The minimum Gasteiger partial charge on any atom is -0.451 e. The van der Waals surface area contributed by atoms with E-state index in [1.165, 1.54) is 36.4 Å². The van der Waals surface area contributed by atoms with Gasteiger partial charge in [-0.1, -0.05) is 18.2 Å². The summed E-state index contributed by atoms with van der Waals surface area (Å²) in [7, 11) is 1.32. The van der Waals surface area contributed by atoms with Gasteiger partial charge in [0.05, 0.1) is 0 Å². The third-order valence-corrected chi connectivity index (χ3v) is 9.56. The molecule has 45 heavy (non-hydrogen) atoms. The van der Waals surface area contributed by atoms with Crippen LogP contribution in [0.2, 0.25) is 0 Å². The van der Waals surface area contributed by atoms with Crippen molar-refractivity contribution in [2.24, 2.45) is 23.7 Å². The topological polar surface area (TPSA) is 169 Å². The van der Waals surface area contributed by atoms with Crippen molar-refractivity contribution in [3.8, 4) is 0 Å². The number of nitrogens with zero attached hydrogens (tertiary/aromatic N) is 1. The SMILES string of the molecule is CNC(=O)C(=O)CC[C@H](NC(=O)c1cc2ccccc2o1)C(=O)Nc1cccn(CC(=O)NC2C3CC4CC(C3)CC2C4)c1=O. The first-order valence-electron chi connectivity index (χ1n) is 15.5. The number of hydrogen-bond donors (Lipinski definition) is 4. The molecule has 4 fully saturated rings. The molecule has 4 amide bonds.